The van der Waals surface area contributed by atoms with E-state index in [1.54, 1.807) is 6.92 Å². The summed E-state index contributed by atoms with van der Waals surface area (Å²) >= 11 is 0. The normalized spacial score (nSPS) is 36.9. The van der Waals surface area contributed by atoms with Crippen LogP contribution in [0.5, 0.6) is 0 Å². The van der Waals surface area contributed by atoms with Crippen molar-refractivity contribution in [2.75, 3.05) is 0 Å². The van der Waals surface area contributed by atoms with Crippen molar-refractivity contribution in [1.29, 1.82) is 0 Å². The summed E-state index contributed by atoms with van der Waals surface area (Å²) in [7, 11) is 0. The molecule has 1 N–H and O–H groups in total. The molecule has 2 aliphatic carbocycles. The van der Waals surface area contributed by atoms with Gasteiger partial charge in [-0.3, -0.25) is 4.79 Å². The molecule has 12 heavy (non-hydrogen) atoms. The highest BCUT2D eigenvalue weighted by atomic mass is 16.1. The van der Waals surface area contributed by atoms with Gasteiger partial charge in [-0.2, -0.15) is 0 Å². The van der Waals surface area contributed by atoms with E-state index in [1.807, 2.05) is 0 Å². The fourth-order valence-electron chi connectivity index (χ4n) is 2.06. The average molecular weight is 161 g/mol. The Morgan fingerprint density at radius 3 is 1.92 bits per heavy atom. The van der Waals surface area contributed by atoms with Crippen LogP contribution in [0.2, 0.25) is 0 Å². The van der Waals surface area contributed by atoms with Crippen LogP contribution >= 0.6 is 0 Å². The lowest BCUT2D eigenvalue weighted by Crippen LogP contribution is -2.20. The van der Waals surface area contributed by atoms with E-state index in [0.29, 0.717) is 17.6 Å². The molecule has 0 amide bonds. The molecule has 62 valence electrons. The molecule has 1 heteroatoms. The molecule has 1 nitrogen and oxygen atoms in total. The minimum atomic E-state index is 0.278. The van der Waals surface area contributed by atoms with E-state index in [0.717, 1.165) is 0 Å². The second-order valence-corrected chi connectivity index (χ2v) is 3.48. The topological polar surface area (TPSA) is 21.4 Å². The van der Waals surface area contributed by atoms with Crippen molar-refractivity contribution in [2.45, 2.75) is 6.92 Å². The zero-order valence-corrected chi connectivity index (χ0v) is 7.14. The minimum Gasteiger partial charge on any atom is -0.284 e. The van der Waals surface area contributed by atoms with E-state index in [1.165, 1.54) is 0 Å². The molecular weight excluding hydrogens is 148 g/mol. The van der Waals surface area contributed by atoms with E-state index in [9.17, 15) is 4.79 Å². The first-order chi connectivity index (χ1) is 5.79. The highest BCUT2D eigenvalue weighted by Gasteiger charge is 2.36. The van der Waals surface area contributed by atoms with Crippen LogP contribution in [0.15, 0.2) is 36.5 Å². The minimum absolute atomic E-state index is 0.278. The van der Waals surface area contributed by atoms with Crippen molar-refractivity contribution in [1.82, 2.24) is 0 Å². The lowest BCUT2D eigenvalue weighted by Gasteiger charge is -2.12. The summed E-state index contributed by atoms with van der Waals surface area (Å²) in [5.74, 6) is 1.62. The van der Waals surface area contributed by atoms with Gasteiger partial charge in [0.25, 0.3) is 5.78 Å². The Hall–Kier alpha value is -1.11. The molecule has 0 aromatic heterocycles. The molecule has 2 bridgehead atoms. The standard InChI is InChI=1S/C11H12O/c1-8(12)11-9-4-2-3-5-10(11)7-6-9/h2-7,9-11H,1H3/p+1. The Bertz CT molecular complexity index is 261. The lowest BCUT2D eigenvalue weighted by molar-refractivity contribution is 0.504. The predicted molar refractivity (Wildman–Crippen MR) is 50.5 cm³/mol. The van der Waals surface area contributed by atoms with Crippen LogP contribution in [0.4, 0.5) is 0 Å². The zero-order chi connectivity index (χ0) is 8.55. The van der Waals surface area contributed by atoms with Crippen LogP contribution in [-0.4, -0.2) is 10.6 Å². The summed E-state index contributed by atoms with van der Waals surface area (Å²) in [6, 6.07) is 0. The Labute approximate surface area is 72.5 Å². The molecule has 2 rings (SSSR count). The monoisotopic (exact) mass is 161 g/mol. The highest BCUT2D eigenvalue weighted by molar-refractivity contribution is 5.82. The van der Waals surface area contributed by atoms with Gasteiger partial charge in [0, 0.05) is 18.8 Å². The molecule has 0 aromatic rings. The van der Waals surface area contributed by atoms with Gasteiger partial charge >= 0.3 is 0 Å². The summed E-state index contributed by atoms with van der Waals surface area (Å²) in [5, 5.41) is 0. The van der Waals surface area contributed by atoms with Gasteiger partial charge in [-0.15, -0.1) is 0 Å². The van der Waals surface area contributed by atoms with Crippen LogP contribution in [0.3, 0.4) is 0 Å². The Kier molecular flexibility index (Phi) is 1.72. The Morgan fingerprint density at radius 2 is 1.50 bits per heavy atom. The van der Waals surface area contributed by atoms with Crippen LogP contribution in [-0.2, 0) is 0 Å². The second-order valence-electron chi connectivity index (χ2n) is 3.48. The highest BCUT2D eigenvalue weighted by Crippen LogP contribution is 2.34. The van der Waals surface area contributed by atoms with Gasteiger partial charge in [0.1, 0.15) is 0 Å². The van der Waals surface area contributed by atoms with Crippen LogP contribution in [0.1, 0.15) is 6.92 Å². The first-order valence-electron chi connectivity index (χ1n) is 4.35. The van der Waals surface area contributed by atoms with Gasteiger partial charge in [0.2, 0.25) is 0 Å². The average Bonchev–Trinajstić information content (AvgIpc) is 2.24. The first kappa shape index (κ1) is 7.53. The number of rotatable bonds is 1. The van der Waals surface area contributed by atoms with E-state index < -0.39 is 0 Å². The predicted octanol–water partition coefficient (Wildman–Crippen LogP) is 2.10. The molecule has 0 fully saturated rings. The van der Waals surface area contributed by atoms with E-state index in [2.05, 4.69) is 36.5 Å². The van der Waals surface area contributed by atoms with E-state index in [-0.39, 0.29) is 5.92 Å². The lowest BCUT2D eigenvalue weighted by atomic mass is 9.86. The Balaban J connectivity index is 2.34. The van der Waals surface area contributed by atoms with Gasteiger partial charge in [0.05, 0.1) is 5.92 Å². The number of allylic oxidation sites excluding steroid dienone is 6. The Morgan fingerprint density at radius 1 is 1.00 bits per heavy atom. The number of hydrogen-bond acceptors (Lipinski definition) is 0. The molecule has 2 unspecified atom stereocenters. The summed E-state index contributed by atoms with van der Waals surface area (Å²) in [5.41, 5.74) is 0. The van der Waals surface area contributed by atoms with Gasteiger partial charge in [-0.1, -0.05) is 36.5 Å². The maximum Gasteiger partial charge on any atom is 0.294 e. The van der Waals surface area contributed by atoms with E-state index in [4.69, 9.17) is 0 Å². The van der Waals surface area contributed by atoms with Crippen molar-refractivity contribution < 1.29 is 4.79 Å². The molecule has 0 saturated heterocycles. The van der Waals surface area contributed by atoms with Crippen LogP contribution in [0, 0.1) is 17.8 Å². The molecule has 2 aliphatic rings. The maximum absolute atomic E-state index is 9.49. The van der Waals surface area contributed by atoms with Crippen LogP contribution in [0.25, 0.3) is 0 Å². The summed E-state index contributed by atoms with van der Waals surface area (Å²) in [6.07, 6.45) is 12.8. The largest absolute Gasteiger partial charge is 0.294 e. The summed E-state index contributed by atoms with van der Waals surface area (Å²) in [4.78, 5) is 9.49. The van der Waals surface area contributed by atoms with Crippen LogP contribution < -0.4 is 0 Å². The van der Waals surface area contributed by atoms with Crippen molar-refractivity contribution >= 4 is 5.78 Å². The maximum atomic E-state index is 9.49. The molecular formula is C11H13O+. The second kappa shape index (κ2) is 2.74. The SMILES string of the molecule is CC(=[OH+])C1C2C=CC=CC1C=C2. The van der Waals surface area contributed by atoms with Crippen molar-refractivity contribution in [3.8, 4) is 0 Å². The quantitative estimate of drug-likeness (QED) is 0.415. The molecule has 0 radical (unpaired) electrons. The zero-order valence-electron chi connectivity index (χ0n) is 7.14. The van der Waals surface area contributed by atoms with Gasteiger partial charge in [-0.25, -0.2) is 0 Å². The third-order valence-electron chi connectivity index (χ3n) is 2.65. The molecule has 2 atom stereocenters. The molecule has 0 spiro atoms. The fourth-order valence-corrected chi connectivity index (χ4v) is 2.06. The van der Waals surface area contributed by atoms with Crippen molar-refractivity contribution in [3.63, 3.8) is 0 Å². The van der Waals surface area contributed by atoms with Gasteiger partial charge in [-0.05, 0) is 0 Å². The summed E-state index contributed by atoms with van der Waals surface area (Å²) in [6.45, 7) is 1.80. The fraction of sp³-hybridized carbons (Fsp3) is 0.364. The third-order valence-corrected chi connectivity index (χ3v) is 2.65. The van der Waals surface area contributed by atoms with Crippen molar-refractivity contribution in [3.05, 3.63) is 36.5 Å². The van der Waals surface area contributed by atoms with Gasteiger partial charge < -0.3 is 0 Å². The van der Waals surface area contributed by atoms with Gasteiger partial charge in [0.15, 0.2) is 0 Å². The summed E-state index contributed by atoms with van der Waals surface area (Å²) < 4.78 is 0. The number of hydrogen-bond donors (Lipinski definition) is 0. The smallest absolute Gasteiger partial charge is 0.284 e. The molecule has 0 aromatic carbocycles. The first-order valence-corrected chi connectivity index (χ1v) is 4.35. The van der Waals surface area contributed by atoms with E-state index >= 15 is 0 Å². The molecule has 0 saturated carbocycles. The number of carbonyl (C=O) groups excluding carboxylic acids is 1. The molecule has 0 aliphatic heterocycles. The molecule has 0 heterocycles. The number of ketones is 1. The van der Waals surface area contributed by atoms with Crippen molar-refractivity contribution in [2.24, 2.45) is 17.8 Å². The third kappa shape index (κ3) is 1.06. The number of fused-ring (bicyclic) bond motifs is 2.